The Morgan fingerprint density at radius 2 is 2.31 bits per heavy atom. The summed E-state index contributed by atoms with van der Waals surface area (Å²) < 4.78 is 5.53. The van der Waals surface area contributed by atoms with Gasteiger partial charge in [-0.05, 0) is 37.0 Å². The molecule has 1 aromatic carbocycles. The Morgan fingerprint density at radius 1 is 1.56 bits per heavy atom. The molecule has 0 saturated heterocycles. The summed E-state index contributed by atoms with van der Waals surface area (Å²) in [7, 11) is 1.53. The summed E-state index contributed by atoms with van der Waals surface area (Å²) in [5.74, 6) is 0.952. The Morgan fingerprint density at radius 3 is 2.94 bits per heavy atom. The van der Waals surface area contributed by atoms with Gasteiger partial charge in [-0.15, -0.1) is 0 Å². The van der Waals surface area contributed by atoms with Crippen molar-refractivity contribution in [3.05, 3.63) is 23.8 Å². The van der Waals surface area contributed by atoms with Crippen molar-refractivity contribution in [1.82, 2.24) is 5.32 Å². The van der Waals surface area contributed by atoms with Crippen LogP contribution in [0.15, 0.2) is 18.2 Å². The second-order valence-electron chi connectivity index (χ2n) is 4.01. The van der Waals surface area contributed by atoms with E-state index in [0.29, 0.717) is 18.3 Å². The number of amides is 1. The van der Waals surface area contributed by atoms with Crippen LogP contribution in [0, 0.1) is 5.92 Å². The number of ether oxygens (including phenoxy) is 1. The summed E-state index contributed by atoms with van der Waals surface area (Å²) in [6.45, 7) is 0.692. The SMILES string of the molecule is CNC(=O)c1cc(OCC2CC2)ccc1O. The average Bonchev–Trinajstić information content (AvgIpc) is 3.11. The molecule has 4 nitrogen and oxygen atoms in total. The number of carbonyl (C=O) groups is 1. The first-order valence-corrected chi connectivity index (χ1v) is 5.38. The summed E-state index contributed by atoms with van der Waals surface area (Å²) in [6.07, 6.45) is 2.45. The molecular formula is C12H15NO3. The minimum atomic E-state index is -0.311. The van der Waals surface area contributed by atoms with E-state index < -0.39 is 0 Å². The van der Waals surface area contributed by atoms with E-state index in [0.717, 1.165) is 0 Å². The van der Waals surface area contributed by atoms with Gasteiger partial charge in [-0.2, -0.15) is 0 Å². The van der Waals surface area contributed by atoms with E-state index >= 15 is 0 Å². The highest BCUT2D eigenvalue weighted by Gasteiger charge is 2.22. The lowest BCUT2D eigenvalue weighted by Crippen LogP contribution is -2.18. The predicted octanol–water partition coefficient (Wildman–Crippen LogP) is 1.54. The van der Waals surface area contributed by atoms with E-state index in [1.54, 1.807) is 12.1 Å². The zero-order chi connectivity index (χ0) is 11.5. The lowest BCUT2D eigenvalue weighted by molar-refractivity contribution is 0.0960. The number of hydrogen-bond donors (Lipinski definition) is 2. The summed E-state index contributed by atoms with van der Waals surface area (Å²) in [5.41, 5.74) is 0.246. The molecule has 1 aliphatic rings. The topological polar surface area (TPSA) is 58.6 Å². The minimum Gasteiger partial charge on any atom is -0.507 e. The van der Waals surface area contributed by atoms with Gasteiger partial charge in [0.25, 0.3) is 5.91 Å². The van der Waals surface area contributed by atoms with Crippen molar-refractivity contribution in [2.24, 2.45) is 5.92 Å². The van der Waals surface area contributed by atoms with Gasteiger partial charge in [0.2, 0.25) is 0 Å². The summed E-state index contributed by atoms with van der Waals surface area (Å²) in [6, 6.07) is 4.72. The van der Waals surface area contributed by atoms with E-state index in [1.807, 2.05) is 0 Å². The molecule has 0 aromatic heterocycles. The van der Waals surface area contributed by atoms with E-state index in [2.05, 4.69) is 5.32 Å². The normalized spacial score (nSPS) is 14.6. The fourth-order valence-electron chi connectivity index (χ4n) is 1.42. The first-order chi connectivity index (χ1) is 7.70. The third-order valence-electron chi connectivity index (χ3n) is 2.62. The van der Waals surface area contributed by atoms with Crippen molar-refractivity contribution < 1.29 is 14.6 Å². The van der Waals surface area contributed by atoms with Crippen molar-refractivity contribution in [2.75, 3.05) is 13.7 Å². The van der Waals surface area contributed by atoms with Crippen LogP contribution >= 0.6 is 0 Å². The molecule has 1 aliphatic carbocycles. The van der Waals surface area contributed by atoms with Crippen molar-refractivity contribution in [2.45, 2.75) is 12.8 Å². The van der Waals surface area contributed by atoms with Crippen LogP contribution in [0.3, 0.4) is 0 Å². The number of phenols is 1. The smallest absolute Gasteiger partial charge is 0.254 e. The molecule has 2 rings (SSSR count). The molecule has 1 fully saturated rings. The van der Waals surface area contributed by atoms with E-state index in [-0.39, 0.29) is 17.2 Å². The quantitative estimate of drug-likeness (QED) is 0.810. The Bertz CT molecular complexity index is 399. The van der Waals surface area contributed by atoms with Gasteiger partial charge in [0.05, 0.1) is 12.2 Å². The standard InChI is InChI=1S/C12H15NO3/c1-13-12(15)10-6-9(4-5-11(10)14)16-7-8-2-3-8/h4-6,8,14H,2-3,7H2,1H3,(H,13,15). The molecule has 16 heavy (non-hydrogen) atoms. The van der Waals surface area contributed by atoms with Crippen LogP contribution in [-0.4, -0.2) is 24.7 Å². The van der Waals surface area contributed by atoms with Crippen LogP contribution in [0.4, 0.5) is 0 Å². The number of hydrogen-bond acceptors (Lipinski definition) is 3. The molecule has 2 N–H and O–H groups in total. The molecule has 1 aromatic rings. The predicted molar refractivity (Wildman–Crippen MR) is 59.7 cm³/mol. The number of rotatable bonds is 4. The molecule has 0 spiro atoms. The van der Waals surface area contributed by atoms with Crippen molar-refractivity contribution >= 4 is 5.91 Å². The van der Waals surface area contributed by atoms with Gasteiger partial charge in [-0.1, -0.05) is 0 Å². The van der Waals surface area contributed by atoms with Crippen molar-refractivity contribution in [1.29, 1.82) is 0 Å². The second-order valence-corrected chi connectivity index (χ2v) is 4.01. The molecule has 4 heteroatoms. The molecule has 1 amide bonds. The Hall–Kier alpha value is -1.71. The highest BCUT2D eigenvalue weighted by molar-refractivity contribution is 5.97. The lowest BCUT2D eigenvalue weighted by atomic mass is 10.2. The molecule has 0 unspecified atom stereocenters. The summed E-state index contributed by atoms with van der Waals surface area (Å²) >= 11 is 0. The molecule has 0 heterocycles. The molecule has 0 radical (unpaired) electrons. The van der Waals surface area contributed by atoms with E-state index in [9.17, 15) is 9.90 Å². The van der Waals surface area contributed by atoms with E-state index in [4.69, 9.17) is 4.74 Å². The van der Waals surface area contributed by atoms with Crippen LogP contribution in [0.25, 0.3) is 0 Å². The number of phenolic OH excluding ortho intramolecular Hbond substituents is 1. The third-order valence-corrected chi connectivity index (χ3v) is 2.62. The van der Waals surface area contributed by atoms with Crippen LogP contribution in [0.2, 0.25) is 0 Å². The number of nitrogens with one attached hydrogen (secondary N) is 1. The Labute approximate surface area is 94.2 Å². The lowest BCUT2D eigenvalue weighted by Gasteiger charge is -2.08. The molecule has 1 saturated carbocycles. The highest BCUT2D eigenvalue weighted by atomic mass is 16.5. The number of aromatic hydroxyl groups is 1. The number of benzene rings is 1. The zero-order valence-electron chi connectivity index (χ0n) is 9.19. The van der Waals surface area contributed by atoms with Gasteiger partial charge in [-0.3, -0.25) is 4.79 Å². The average molecular weight is 221 g/mol. The highest BCUT2D eigenvalue weighted by Crippen LogP contribution is 2.30. The monoisotopic (exact) mass is 221 g/mol. The van der Waals surface area contributed by atoms with Crippen LogP contribution in [0.5, 0.6) is 11.5 Å². The van der Waals surface area contributed by atoms with Gasteiger partial charge in [-0.25, -0.2) is 0 Å². The molecule has 86 valence electrons. The maximum Gasteiger partial charge on any atom is 0.254 e. The maximum atomic E-state index is 11.4. The second kappa shape index (κ2) is 4.43. The summed E-state index contributed by atoms with van der Waals surface area (Å²) in [4.78, 5) is 11.4. The van der Waals surface area contributed by atoms with Crippen molar-refractivity contribution in [3.8, 4) is 11.5 Å². The fraction of sp³-hybridized carbons (Fsp3) is 0.417. The maximum absolute atomic E-state index is 11.4. The van der Waals surface area contributed by atoms with Crippen molar-refractivity contribution in [3.63, 3.8) is 0 Å². The minimum absolute atomic E-state index is 0.0295. The van der Waals surface area contributed by atoms with Crippen LogP contribution < -0.4 is 10.1 Å². The zero-order valence-corrected chi connectivity index (χ0v) is 9.19. The first kappa shape index (κ1) is 10.8. The van der Waals surface area contributed by atoms with Gasteiger partial charge >= 0.3 is 0 Å². The molecular weight excluding hydrogens is 206 g/mol. The number of carbonyl (C=O) groups excluding carboxylic acids is 1. The van der Waals surface area contributed by atoms with Crippen LogP contribution in [0.1, 0.15) is 23.2 Å². The van der Waals surface area contributed by atoms with Gasteiger partial charge in [0.15, 0.2) is 0 Å². The first-order valence-electron chi connectivity index (χ1n) is 5.38. The van der Waals surface area contributed by atoms with Gasteiger partial charge in [0.1, 0.15) is 11.5 Å². The Kier molecular flexibility index (Phi) is 2.99. The molecule has 0 atom stereocenters. The largest absolute Gasteiger partial charge is 0.507 e. The fourth-order valence-corrected chi connectivity index (χ4v) is 1.42. The van der Waals surface area contributed by atoms with Gasteiger partial charge < -0.3 is 15.2 Å². The van der Waals surface area contributed by atoms with Crippen LogP contribution in [-0.2, 0) is 0 Å². The molecule has 0 aliphatic heterocycles. The van der Waals surface area contributed by atoms with E-state index in [1.165, 1.54) is 26.0 Å². The Balaban J connectivity index is 2.10. The van der Waals surface area contributed by atoms with Gasteiger partial charge in [0, 0.05) is 7.05 Å². The summed E-state index contributed by atoms with van der Waals surface area (Å²) in [5, 5.41) is 12.0. The third kappa shape index (κ3) is 2.45. The molecule has 0 bridgehead atoms.